The van der Waals surface area contributed by atoms with Gasteiger partial charge in [-0.05, 0) is 48.6 Å². The number of cyclic esters (lactones) is 1. The van der Waals surface area contributed by atoms with Gasteiger partial charge in [-0.1, -0.05) is 17.6 Å². The minimum atomic E-state index is -1.13. The predicted molar refractivity (Wildman–Crippen MR) is 114 cm³/mol. The van der Waals surface area contributed by atoms with E-state index in [0.29, 0.717) is 42.1 Å². The predicted octanol–water partition coefficient (Wildman–Crippen LogP) is 3.98. The summed E-state index contributed by atoms with van der Waals surface area (Å²) in [6.07, 6.45) is 4.30. The van der Waals surface area contributed by atoms with Crippen molar-refractivity contribution >= 4 is 18.7 Å². The molecule has 0 bridgehead atoms. The summed E-state index contributed by atoms with van der Waals surface area (Å²) in [5.41, 5.74) is 1.36. The van der Waals surface area contributed by atoms with Crippen LogP contribution in [0.25, 0.3) is 11.1 Å². The van der Waals surface area contributed by atoms with E-state index in [2.05, 4.69) is 11.9 Å². The molecule has 0 atom stereocenters. The summed E-state index contributed by atoms with van der Waals surface area (Å²) in [5.74, 6) is -0.508. The van der Waals surface area contributed by atoms with Crippen LogP contribution in [0.15, 0.2) is 35.5 Å². The average molecular weight is 503 g/mol. The van der Waals surface area contributed by atoms with E-state index in [1.165, 1.54) is 12.5 Å². The average Bonchev–Trinajstić information content (AvgIpc) is 3.46. The van der Waals surface area contributed by atoms with Crippen LogP contribution in [-0.4, -0.2) is 36.0 Å². The van der Waals surface area contributed by atoms with Gasteiger partial charge >= 0.3 is 11.9 Å². The summed E-state index contributed by atoms with van der Waals surface area (Å²) in [6, 6.07) is 8.47. The van der Waals surface area contributed by atoms with Gasteiger partial charge in [0, 0.05) is 50.2 Å². The summed E-state index contributed by atoms with van der Waals surface area (Å²) in [6.45, 7) is 3.86. The molecule has 2 saturated carbocycles. The molecule has 1 heterocycles. The first-order valence-electron chi connectivity index (χ1n) is 10.7. The maximum absolute atomic E-state index is 12.8. The summed E-state index contributed by atoms with van der Waals surface area (Å²) in [4.78, 5) is 29.6. The fourth-order valence-electron chi connectivity index (χ4n) is 3.97. The van der Waals surface area contributed by atoms with Crippen molar-refractivity contribution in [3.8, 4) is 28.4 Å². The number of phenols is 1. The van der Waals surface area contributed by atoms with Crippen molar-refractivity contribution in [2.45, 2.75) is 44.3 Å². The zero-order valence-corrected chi connectivity index (χ0v) is 21.1. The van der Waals surface area contributed by atoms with Crippen molar-refractivity contribution in [1.29, 1.82) is 0 Å². The molecule has 0 unspecified atom stereocenters. The Balaban J connectivity index is 0.00000259. The van der Waals surface area contributed by atoms with Gasteiger partial charge in [0.2, 0.25) is 17.1 Å². The maximum atomic E-state index is 12.8. The van der Waals surface area contributed by atoms with E-state index in [1.807, 2.05) is 6.07 Å². The second-order valence-electron chi connectivity index (χ2n) is 8.45. The summed E-state index contributed by atoms with van der Waals surface area (Å²) < 4.78 is 16.7. The van der Waals surface area contributed by atoms with Crippen LogP contribution in [0, 0.1) is 5.92 Å². The number of aromatic hydroxyl groups is 1. The SMILES string of the molecule is C=NOc1ccc(-c2ccc3c(c2)COC3=O)c(OC2(C(=O)OCC3CCC3)CC2)c1O.[Zn]. The molecular weight excluding hydrogens is 480 g/mol. The van der Waals surface area contributed by atoms with E-state index in [9.17, 15) is 14.7 Å². The van der Waals surface area contributed by atoms with Gasteiger partial charge in [0.15, 0.2) is 5.75 Å². The summed E-state index contributed by atoms with van der Waals surface area (Å²) in [5, 5.41) is 14.2. The molecule has 9 heteroatoms. The van der Waals surface area contributed by atoms with E-state index >= 15 is 0 Å². The van der Waals surface area contributed by atoms with Crippen molar-refractivity contribution in [2.24, 2.45) is 11.1 Å². The Hall–Kier alpha value is -2.93. The van der Waals surface area contributed by atoms with Gasteiger partial charge in [0.25, 0.3) is 0 Å². The standard InChI is InChI=1S/C24H23NO7.Zn/c1-25-32-19-8-7-17(15-5-6-18-16(11-15)13-29-22(18)27)21(20(19)26)31-24(9-10-24)23(28)30-12-14-3-2-4-14;/h5-8,11,14,26H,1-4,9-10,12-13H2;. The number of carbonyl (C=O) groups is 2. The molecule has 2 aliphatic carbocycles. The molecule has 168 valence electrons. The number of phenolic OH excluding ortho intramolecular Hbond substituents is 1. The zero-order valence-electron chi connectivity index (χ0n) is 18.2. The van der Waals surface area contributed by atoms with Gasteiger partial charge < -0.3 is 24.2 Å². The first-order valence-corrected chi connectivity index (χ1v) is 10.7. The fraction of sp³-hybridized carbons (Fsp3) is 0.375. The van der Waals surface area contributed by atoms with Gasteiger partial charge in [-0.2, -0.15) is 0 Å². The minimum Gasteiger partial charge on any atom is -0.502 e. The number of ether oxygens (including phenoxy) is 3. The van der Waals surface area contributed by atoms with E-state index in [4.69, 9.17) is 19.0 Å². The first-order chi connectivity index (χ1) is 15.5. The van der Waals surface area contributed by atoms with Crippen LogP contribution in [0.5, 0.6) is 17.2 Å². The molecule has 2 aromatic rings. The van der Waals surface area contributed by atoms with Crippen molar-refractivity contribution in [2.75, 3.05) is 6.61 Å². The second kappa shape index (κ2) is 9.14. The number of rotatable bonds is 8. The number of oxime groups is 1. The summed E-state index contributed by atoms with van der Waals surface area (Å²) >= 11 is 0. The van der Waals surface area contributed by atoms with E-state index in [1.54, 1.807) is 18.2 Å². The van der Waals surface area contributed by atoms with Crippen LogP contribution in [0.1, 0.15) is 48.0 Å². The molecule has 5 rings (SSSR count). The van der Waals surface area contributed by atoms with Crippen LogP contribution < -0.4 is 9.57 Å². The van der Waals surface area contributed by atoms with Crippen LogP contribution in [0.2, 0.25) is 0 Å². The Morgan fingerprint density at radius 2 is 1.97 bits per heavy atom. The zero-order chi connectivity index (χ0) is 22.3. The third kappa shape index (κ3) is 4.34. The molecule has 0 amide bonds. The topological polar surface area (TPSA) is 104 Å². The Labute approximate surface area is 203 Å². The maximum Gasteiger partial charge on any atom is 0.350 e. The van der Waals surface area contributed by atoms with Crippen LogP contribution in [0.3, 0.4) is 0 Å². The van der Waals surface area contributed by atoms with Gasteiger partial charge in [0.1, 0.15) is 6.61 Å². The number of esters is 2. The van der Waals surface area contributed by atoms with E-state index in [-0.39, 0.29) is 49.3 Å². The molecule has 8 nitrogen and oxygen atoms in total. The number of benzene rings is 2. The summed E-state index contributed by atoms with van der Waals surface area (Å²) in [7, 11) is 0. The molecule has 0 aromatic heterocycles. The van der Waals surface area contributed by atoms with E-state index in [0.717, 1.165) is 18.4 Å². The van der Waals surface area contributed by atoms with Crippen LogP contribution in [0.4, 0.5) is 0 Å². The molecule has 1 aliphatic heterocycles. The van der Waals surface area contributed by atoms with Crippen LogP contribution in [-0.2, 0) is 40.4 Å². The van der Waals surface area contributed by atoms with Gasteiger partial charge in [0.05, 0.1) is 12.2 Å². The number of nitrogens with zero attached hydrogens (tertiary/aromatic N) is 1. The number of carbonyl (C=O) groups excluding carboxylic acids is 2. The molecule has 3 aliphatic rings. The molecule has 2 fully saturated rings. The Morgan fingerprint density at radius 3 is 2.64 bits per heavy atom. The quantitative estimate of drug-likeness (QED) is 0.252. The van der Waals surface area contributed by atoms with Crippen molar-refractivity contribution in [3.05, 3.63) is 41.5 Å². The number of hydrogen-bond acceptors (Lipinski definition) is 8. The number of fused-ring (bicyclic) bond motifs is 1. The fourth-order valence-corrected chi connectivity index (χ4v) is 3.97. The number of hydrogen-bond donors (Lipinski definition) is 1. The molecule has 0 radical (unpaired) electrons. The monoisotopic (exact) mass is 501 g/mol. The smallest absolute Gasteiger partial charge is 0.350 e. The van der Waals surface area contributed by atoms with Crippen molar-refractivity contribution in [3.63, 3.8) is 0 Å². The second-order valence-corrected chi connectivity index (χ2v) is 8.45. The van der Waals surface area contributed by atoms with E-state index < -0.39 is 11.6 Å². The normalized spacial score (nSPS) is 17.6. The largest absolute Gasteiger partial charge is 0.502 e. The first kappa shape index (κ1) is 23.2. The molecular formula is C24H23NO7Zn. The molecule has 2 aromatic carbocycles. The molecule has 0 spiro atoms. The van der Waals surface area contributed by atoms with Gasteiger partial charge in [-0.15, -0.1) is 0 Å². The third-order valence-electron chi connectivity index (χ3n) is 6.30. The molecule has 33 heavy (non-hydrogen) atoms. The van der Waals surface area contributed by atoms with Gasteiger partial charge in [-0.25, -0.2) is 9.59 Å². The van der Waals surface area contributed by atoms with Gasteiger partial charge in [-0.3, -0.25) is 0 Å². The van der Waals surface area contributed by atoms with Crippen molar-refractivity contribution in [1.82, 2.24) is 0 Å². The van der Waals surface area contributed by atoms with Crippen LogP contribution >= 0.6 is 0 Å². The minimum absolute atomic E-state index is 0. The molecule has 0 saturated heterocycles. The Kier molecular flexibility index (Phi) is 6.44. The third-order valence-corrected chi connectivity index (χ3v) is 6.30. The Bertz CT molecular complexity index is 1110. The van der Waals surface area contributed by atoms with Crippen molar-refractivity contribution < 1.29 is 53.2 Å². The molecule has 1 N–H and O–H groups in total. The Morgan fingerprint density at radius 1 is 1.21 bits per heavy atom.